The molecular formula is C20H29N5O4. The average Bonchev–Trinajstić information content (AvgIpc) is 3.40. The van der Waals surface area contributed by atoms with E-state index in [2.05, 4.69) is 15.7 Å². The van der Waals surface area contributed by atoms with Crippen LogP contribution in [0.25, 0.3) is 0 Å². The van der Waals surface area contributed by atoms with E-state index in [0.29, 0.717) is 42.6 Å². The molecule has 158 valence electrons. The van der Waals surface area contributed by atoms with Crippen molar-refractivity contribution in [2.75, 3.05) is 18.4 Å². The Morgan fingerprint density at radius 3 is 2.86 bits per heavy atom. The number of nitrogens with zero attached hydrogens (tertiary/aromatic N) is 3. The molecule has 0 aromatic carbocycles. The van der Waals surface area contributed by atoms with Gasteiger partial charge in [-0.3, -0.25) is 24.6 Å². The van der Waals surface area contributed by atoms with E-state index in [-0.39, 0.29) is 18.4 Å². The molecule has 1 aromatic rings. The second-order valence-corrected chi connectivity index (χ2v) is 7.89. The van der Waals surface area contributed by atoms with Gasteiger partial charge in [-0.25, -0.2) is 15.5 Å². The molecule has 9 heteroatoms. The fourth-order valence-electron chi connectivity index (χ4n) is 4.22. The zero-order valence-electron chi connectivity index (χ0n) is 16.7. The molecule has 3 rings (SSSR count). The van der Waals surface area contributed by atoms with Crippen LogP contribution in [-0.4, -0.2) is 57.6 Å². The highest BCUT2D eigenvalue weighted by Gasteiger charge is 2.39. The number of aromatic nitrogens is 1. The molecule has 2 heterocycles. The van der Waals surface area contributed by atoms with Crippen LogP contribution in [0.3, 0.4) is 0 Å². The number of carbonyl (C=O) groups is 3. The third-order valence-corrected chi connectivity index (χ3v) is 5.77. The summed E-state index contributed by atoms with van der Waals surface area (Å²) < 4.78 is 0. The van der Waals surface area contributed by atoms with Gasteiger partial charge in [-0.1, -0.05) is 31.7 Å². The van der Waals surface area contributed by atoms with E-state index in [1.165, 1.54) is 5.01 Å². The van der Waals surface area contributed by atoms with Gasteiger partial charge in [-0.05, 0) is 37.3 Å². The fraction of sp³-hybridized carbons (Fsp3) is 0.600. The van der Waals surface area contributed by atoms with E-state index >= 15 is 0 Å². The lowest BCUT2D eigenvalue weighted by molar-refractivity contribution is -0.159. The molecule has 0 radical (unpaired) electrons. The van der Waals surface area contributed by atoms with Crippen molar-refractivity contribution >= 4 is 24.0 Å². The minimum Gasteiger partial charge on any atom is -0.309 e. The second-order valence-electron chi connectivity index (χ2n) is 7.89. The normalized spacial score (nSPS) is 20.5. The molecular weight excluding hydrogens is 374 g/mol. The molecule has 0 unspecified atom stereocenters. The number of hydrogen-bond donors (Lipinski definition) is 3. The van der Waals surface area contributed by atoms with Gasteiger partial charge >= 0.3 is 0 Å². The van der Waals surface area contributed by atoms with Crippen molar-refractivity contribution in [1.82, 2.24) is 20.5 Å². The minimum atomic E-state index is -0.668. The standard InChI is InChI=1S/C20H29N5O4/c1-14-5-4-9-21-18(14)23-19(27)17-8-10-22-25(17)20(28)16(12-24(29)13-26)11-15-6-2-3-7-15/h4-5,9,13,15-17,22,29H,2-3,6-8,10-12H2,1H3,(H,21,23,27)/t16-,17+/m1/s1. The Morgan fingerprint density at radius 2 is 2.17 bits per heavy atom. The predicted molar refractivity (Wildman–Crippen MR) is 105 cm³/mol. The van der Waals surface area contributed by atoms with E-state index in [1.807, 2.05) is 13.0 Å². The van der Waals surface area contributed by atoms with Gasteiger partial charge in [0.1, 0.15) is 11.9 Å². The number of hydrogen-bond acceptors (Lipinski definition) is 6. The summed E-state index contributed by atoms with van der Waals surface area (Å²) in [7, 11) is 0. The molecule has 2 atom stereocenters. The number of anilines is 1. The van der Waals surface area contributed by atoms with Crippen LogP contribution in [0.4, 0.5) is 5.82 Å². The molecule has 2 aliphatic rings. The lowest BCUT2D eigenvalue weighted by Gasteiger charge is -2.30. The molecule has 0 spiro atoms. The number of aryl methyl sites for hydroxylation is 1. The van der Waals surface area contributed by atoms with Crippen LogP contribution >= 0.6 is 0 Å². The van der Waals surface area contributed by atoms with Crippen molar-refractivity contribution in [3.05, 3.63) is 23.9 Å². The largest absolute Gasteiger partial charge is 0.309 e. The van der Waals surface area contributed by atoms with Crippen molar-refractivity contribution < 1.29 is 19.6 Å². The van der Waals surface area contributed by atoms with Crippen molar-refractivity contribution in [2.45, 2.75) is 51.5 Å². The molecule has 3 amide bonds. The monoisotopic (exact) mass is 403 g/mol. The topological polar surface area (TPSA) is 115 Å². The SMILES string of the molecule is Cc1cccnc1NC(=O)[C@@H]1CCNN1C(=O)[C@H](CC1CCCC1)CN(O)C=O. The van der Waals surface area contributed by atoms with Gasteiger partial charge in [0.2, 0.25) is 18.2 Å². The maximum Gasteiger partial charge on any atom is 0.250 e. The molecule has 29 heavy (non-hydrogen) atoms. The zero-order valence-corrected chi connectivity index (χ0v) is 16.7. The van der Waals surface area contributed by atoms with Gasteiger partial charge in [0.15, 0.2) is 0 Å². The van der Waals surface area contributed by atoms with Crippen LogP contribution in [0.5, 0.6) is 0 Å². The number of rotatable bonds is 8. The fourth-order valence-corrected chi connectivity index (χ4v) is 4.22. The van der Waals surface area contributed by atoms with Gasteiger partial charge in [0, 0.05) is 12.7 Å². The lowest BCUT2D eigenvalue weighted by atomic mass is 9.92. The van der Waals surface area contributed by atoms with E-state index in [0.717, 1.165) is 31.2 Å². The van der Waals surface area contributed by atoms with E-state index in [9.17, 15) is 19.6 Å². The highest BCUT2D eigenvalue weighted by atomic mass is 16.5. The van der Waals surface area contributed by atoms with Gasteiger partial charge in [0.25, 0.3) is 0 Å². The van der Waals surface area contributed by atoms with Gasteiger partial charge in [0.05, 0.1) is 12.5 Å². The summed E-state index contributed by atoms with van der Waals surface area (Å²) in [5.74, 6) is -0.267. The molecule has 0 bridgehead atoms. The summed E-state index contributed by atoms with van der Waals surface area (Å²) >= 11 is 0. The van der Waals surface area contributed by atoms with Crippen LogP contribution in [0, 0.1) is 18.8 Å². The highest BCUT2D eigenvalue weighted by molar-refractivity contribution is 5.97. The summed E-state index contributed by atoms with van der Waals surface area (Å²) in [6, 6.07) is 2.98. The third kappa shape index (κ3) is 5.30. The first kappa shape index (κ1) is 21.2. The van der Waals surface area contributed by atoms with Gasteiger partial charge in [-0.15, -0.1) is 0 Å². The minimum absolute atomic E-state index is 0.0787. The Hall–Kier alpha value is -2.52. The number of nitrogens with one attached hydrogen (secondary N) is 2. The van der Waals surface area contributed by atoms with Gasteiger partial charge < -0.3 is 5.32 Å². The summed E-state index contributed by atoms with van der Waals surface area (Å²) in [4.78, 5) is 41.1. The third-order valence-electron chi connectivity index (χ3n) is 5.77. The van der Waals surface area contributed by atoms with Crippen molar-refractivity contribution in [1.29, 1.82) is 0 Å². The lowest BCUT2D eigenvalue weighted by Crippen LogP contribution is -2.51. The van der Waals surface area contributed by atoms with Crippen LogP contribution in [-0.2, 0) is 14.4 Å². The Morgan fingerprint density at radius 1 is 1.41 bits per heavy atom. The molecule has 3 N–H and O–H groups in total. The molecule has 1 aliphatic heterocycles. The van der Waals surface area contributed by atoms with E-state index < -0.39 is 12.0 Å². The first-order valence-electron chi connectivity index (χ1n) is 10.2. The Bertz CT molecular complexity index is 737. The van der Waals surface area contributed by atoms with Crippen LogP contribution in [0.15, 0.2) is 18.3 Å². The number of hydrazine groups is 1. The number of hydroxylamine groups is 2. The number of carbonyl (C=O) groups excluding carboxylic acids is 3. The molecule has 1 saturated heterocycles. The first-order chi connectivity index (χ1) is 14.0. The summed E-state index contributed by atoms with van der Waals surface area (Å²) in [6.45, 7) is 2.27. The maximum atomic E-state index is 13.2. The highest BCUT2D eigenvalue weighted by Crippen LogP contribution is 2.31. The quantitative estimate of drug-likeness (QED) is 0.344. The van der Waals surface area contributed by atoms with Gasteiger partial charge in [-0.2, -0.15) is 0 Å². The number of pyridine rings is 1. The molecule has 1 aliphatic carbocycles. The van der Waals surface area contributed by atoms with Crippen LogP contribution < -0.4 is 10.7 Å². The maximum absolute atomic E-state index is 13.2. The Labute approximate surface area is 170 Å². The Balaban J connectivity index is 1.70. The average molecular weight is 403 g/mol. The molecule has 2 fully saturated rings. The summed E-state index contributed by atoms with van der Waals surface area (Å²) in [6.07, 6.45) is 7.35. The van der Waals surface area contributed by atoms with Crippen molar-refractivity contribution in [2.24, 2.45) is 11.8 Å². The summed E-state index contributed by atoms with van der Waals surface area (Å²) in [5, 5.41) is 14.4. The molecule has 1 aromatic heterocycles. The van der Waals surface area contributed by atoms with E-state index in [4.69, 9.17) is 0 Å². The predicted octanol–water partition coefficient (Wildman–Crippen LogP) is 1.48. The van der Waals surface area contributed by atoms with Crippen molar-refractivity contribution in [3.8, 4) is 0 Å². The number of amides is 3. The molecule has 9 nitrogen and oxygen atoms in total. The first-order valence-corrected chi connectivity index (χ1v) is 10.2. The Kier molecular flexibility index (Phi) is 7.16. The second kappa shape index (κ2) is 9.80. The van der Waals surface area contributed by atoms with Crippen LogP contribution in [0.1, 0.15) is 44.1 Å². The summed E-state index contributed by atoms with van der Waals surface area (Å²) in [5.41, 5.74) is 3.84. The van der Waals surface area contributed by atoms with Crippen LogP contribution in [0.2, 0.25) is 0 Å². The smallest absolute Gasteiger partial charge is 0.250 e. The molecule has 1 saturated carbocycles. The zero-order chi connectivity index (χ0) is 20.8. The van der Waals surface area contributed by atoms with E-state index in [1.54, 1.807) is 12.3 Å². The van der Waals surface area contributed by atoms with Crippen molar-refractivity contribution in [3.63, 3.8) is 0 Å².